The van der Waals surface area contributed by atoms with Crippen molar-refractivity contribution < 1.29 is 9.59 Å². The van der Waals surface area contributed by atoms with E-state index in [0.29, 0.717) is 16.4 Å². The predicted molar refractivity (Wildman–Crippen MR) is 105 cm³/mol. The highest BCUT2D eigenvalue weighted by molar-refractivity contribution is 6.34. The van der Waals surface area contributed by atoms with E-state index in [4.69, 9.17) is 11.6 Å². The molecule has 2 heterocycles. The van der Waals surface area contributed by atoms with Crippen molar-refractivity contribution >= 4 is 29.1 Å². The molecule has 0 radical (unpaired) electrons. The molecular formula is C21H18ClN3O2. The fraction of sp³-hybridized carbons (Fsp3) is 0.190. The Balaban J connectivity index is 1.83. The van der Waals surface area contributed by atoms with Crippen molar-refractivity contribution in [1.29, 1.82) is 0 Å². The Morgan fingerprint density at radius 2 is 1.85 bits per heavy atom. The Bertz CT molecular complexity index is 1050. The molecule has 4 rings (SSSR count). The fourth-order valence-electron chi connectivity index (χ4n) is 3.49. The van der Waals surface area contributed by atoms with Crippen molar-refractivity contribution in [2.75, 3.05) is 5.32 Å². The molecule has 3 aromatic rings. The summed E-state index contributed by atoms with van der Waals surface area (Å²) in [6.07, 6.45) is 0.0808. The molecule has 1 amide bonds. The van der Waals surface area contributed by atoms with E-state index < -0.39 is 5.92 Å². The number of ketones is 1. The van der Waals surface area contributed by atoms with Crippen molar-refractivity contribution in [1.82, 2.24) is 9.78 Å². The Labute approximate surface area is 162 Å². The lowest BCUT2D eigenvalue weighted by Crippen LogP contribution is -2.28. The van der Waals surface area contributed by atoms with Gasteiger partial charge in [0.25, 0.3) is 0 Å². The number of rotatable bonds is 3. The molecule has 1 atom stereocenters. The van der Waals surface area contributed by atoms with Crippen LogP contribution in [0.1, 0.15) is 39.5 Å². The summed E-state index contributed by atoms with van der Waals surface area (Å²) in [5.74, 6) is -0.421. The number of hydrogen-bond acceptors (Lipinski definition) is 3. The standard InChI is InChI=1S/C21H18ClN3O2/c1-12-7-9-14(10-8-12)25-21-19(13(2)24-25)16(11-18(26)23-21)20(27)15-5-3-4-6-17(15)22/h3-10,16H,11H2,1-2H3,(H,23,26). The Morgan fingerprint density at radius 1 is 1.15 bits per heavy atom. The maximum absolute atomic E-state index is 13.2. The summed E-state index contributed by atoms with van der Waals surface area (Å²) >= 11 is 6.22. The number of fused-ring (bicyclic) bond motifs is 1. The van der Waals surface area contributed by atoms with Crippen molar-refractivity contribution in [2.45, 2.75) is 26.2 Å². The molecule has 1 aromatic heterocycles. The Hall–Kier alpha value is -2.92. The van der Waals surface area contributed by atoms with Crippen LogP contribution in [0.5, 0.6) is 0 Å². The molecule has 0 saturated carbocycles. The van der Waals surface area contributed by atoms with Gasteiger partial charge in [-0.25, -0.2) is 4.68 Å². The SMILES string of the molecule is Cc1ccc(-n2nc(C)c3c2NC(=O)CC3C(=O)c2ccccc2Cl)cc1. The zero-order valence-electron chi connectivity index (χ0n) is 15.0. The van der Waals surface area contributed by atoms with Crippen molar-refractivity contribution in [3.05, 3.63) is 75.9 Å². The monoisotopic (exact) mass is 379 g/mol. The van der Waals surface area contributed by atoms with Crippen LogP contribution in [-0.2, 0) is 4.79 Å². The van der Waals surface area contributed by atoms with Gasteiger partial charge in [0.05, 0.1) is 22.3 Å². The number of carbonyl (C=O) groups excluding carboxylic acids is 2. The molecule has 1 N–H and O–H groups in total. The lowest BCUT2D eigenvalue weighted by atomic mass is 9.85. The van der Waals surface area contributed by atoms with Crippen molar-refractivity contribution in [2.24, 2.45) is 0 Å². The first kappa shape index (κ1) is 17.5. The molecule has 0 bridgehead atoms. The molecule has 1 aliphatic heterocycles. The molecule has 5 nitrogen and oxygen atoms in total. The van der Waals surface area contributed by atoms with Crippen LogP contribution in [0.15, 0.2) is 48.5 Å². The number of Topliss-reactive ketones (excluding diaryl/α,β-unsaturated/α-hetero) is 1. The van der Waals surface area contributed by atoms with E-state index in [9.17, 15) is 9.59 Å². The van der Waals surface area contributed by atoms with E-state index in [1.165, 1.54) is 0 Å². The van der Waals surface area contributed by atoms with Gasteiger partial charge < -0.3 is 5.32 Å². The molecule has 0 fully saturated rings. The third-order valence-electron chi connectivity index (χ3n) is 4.84. The average molecular weight is 380 g/mol. The minimum atomic E-state index is -0.604. The quantitative estimate of drug-likeness (QED) is 0.684. The number of anilines is 1. The minimum Gasteiger partial charge on any atom is -0.310 e. The highest BCUT2D eigenvalue weighted by Gasteiger charge is 2.36. The highest BCUT2D eigenvalue weighted by atomic mass is 35.5. The number of aryl methyl sites for hydroxylation is 2. The summed E-state index contributed by atoms with van der Waals surface area (Å²) in [7, 11) is 0. The summed E-state index contributed by atoms with van der Waals surface area (Å²) in [6.45, 7) is 3.86. The van der Waals surface area contributed by atoms with Gasteiger partial charge >= 0.3 is 0 Å². The normalized spacial score (nSPS) is 16.0. The van der Waals surface area contributed by atoms with Crippen LogP contribution < -0.4 is 5.32 Å². The molecule has 1 aliphatic rings. The lowest BCUT2D eigenvalue weighted by Gasteiger charge is -2.23. The van der Waals surface area contributed by atoms with E-state index >= 15 is 0 Å². The number of aromatic nitrogens is 2. The first-order valence-corrected chi connectivity index (χ1v) is 9.08. The van der Waals surface area contributed by atoms with Gasteiger partial charge in [0.2, 0.25) is 5.91 Å². The third kappa shape index (κ3) is 3.04. The lowest BCUT2D eigenvalue weighted by molar-refractivity contribution is -0.116. The van der Waals surface area contributed by atoms with Crippen LogP contribution in [0.3, 0.4) is 0 Å². The smallest absolute Gasteiger partial charge is 0.226 e. The van der Waals surface area contributed by atoms with Crippen molar-refractivity contribution in [3.8, 4) is 5.69 Å². The minimum absolute atomic E-state index is 0.0808. The molecular weight excluding hydrogens is 362 g/mol. The highest BCUT2D eigenvalue weighted by Crippen LogP contribution is 2.39. The maximum Gasteiger partial charge on any atom is 0.226 e. The van der Waals surface area contributed by atoms with Gasteiger partial charge in [0.1, 0.15) is 5.82 Å². The summed E-state index contributed by atoms with van der Waals surface area (Å²) in [6, 6.07) is 14.8. The number of nitrogens with zero attached hydrogens (tertiary/aromatic N) is 2. The molecule has 6 heteroatoms. The number of hydrogen-bond donors (Lipinski definition) is 1. The van der Waals surface area contributed by atoms with Gasteiger partial charge in [0.15, 0.2) is 5.78 Å². The Kier molecular flexibility index (Phi) is 4.32. The number of carbonyl (C=O) groups is 2. The zero-order valence-corrected chi connectivity index (χ0v) is 15.7. The third-order valence-corrected chi connectivity index (χ3v) is 5.17. The zero-order chi connectivity index (χ0) is 19.1. The van der Waals surface area contributed by atoms with E-state index in [2.05, 4.69) is 10.4 Å². The topological polar surface area (TPSA) is 64.0 Å². The molecule has 0 saturated heterocycles. The first-order valence-electron chi connectivity index (χ1n) is 8.71. The van der Waals surface area contributed by atoms with Gasteiger partial charge in [-0.1, -0.05) is 41.4 Å². The molecule has 0 aliphatic carbocycles. The molecule has 1 unspecified atom stereocenters. The van der Waals surface area contributed by atoms with Gasteiger partial charge in [-0.15, -0.1) is 0 Å². The van der Waals surface area contributed by atoms with Gasteiger partial charge in [-0.05, 0) is 38.1 Å². The predicted octanol–water partition coefficient (Wildman–Crippen LogP) is 4.45. The van der Waals surface area contributed by atoms with E-state index in [0.717, 1.165) is 22.5 Å². The second kappa shape index (κ2) is 6.67. The summed E-state index contributed by atoms with van der Waals surface area (Å²) < 4.78 is 1.69. The van der Waals surface area contributed by atoms with E-state index in [-0.39, 0.29) is 18.1 Å². The summed E-state index contributed by atoms with van der Waals surface area (Å²) in [5.41, 5.74) is 3.85. The Morgan fingerprint density at radius 3 is 2.56 bits per heavy atom. The number of nitrogens with one attached hydrogen (secondary N) is 1. The maximum atomic E-state index is 13.2. The second-order valence-corrected chi connectivity index (χ2v) is 7.15. The van der Waals surface area contributed by atoms with Gasteiger partial charge in [-0.3, -0.25) is 9.59 Å². The van der Waals surface area contributed by atoms with Gasteiger partial charge in [-0.2, -0.15) is 5.10 Å². The average Bonchev–Trinajstić information content (AvgIpc) is 2.98. The van der Waals surface area contributed by atoms with Crippen molar-refractivity contribution in [3.63, 3.8) is 0 Å². The number of halogens is 1. The molecule has 0 spiro atoms. The fourth-order valence-corrected chi connectivity index (χ4v) is 3.72. The van der Waals surface area contributed by atoms with Crippen LogP contribution in [0, 0.1) is 13.8 Å². The first-order chi connectivity index (χ1) is 13.0. The van der Waals surface area contributed by atoms with E-state index in [1.807, 2.05) is 38.1 Å². The van der Waals surface area contributed by atoms with Gasteiger partial charge in [0, 0.05) is 17.5 Å². The largest absolute Gasteiger partial charge is 0.310 e. The number of benzene rings is 2. The van der Waals surface area contributed by atoms with Crippen LogP contribution in [0.2, 0.25) is 5.02 Å². The molecule has 136 valence electrons. The summed E-state index contributed by atoms with van der Waals surface area (Å²) in [4.78, 5) is 25.5. The van der Waals surface area contributed by atoms with Crippen LogP contribution in [-0.4, -0.2) is 21.5 Å². The number of amides is 1. The van der Waals surface area contributed by atoms with Crippen LogP contribution >= 0.6 is 11.6 Å². The molecule has 2 aromatic carbocycles. The second-order valence-electron chi connectivity index (χ2n) is 6.74. The van der Waals surface area contributed by atoms with Crippen LogP contribution in [0.4, 0.5) is 5.82 Å². The van der Waals surface area contributed by atoms with Crippen LogP contribution in [0.25, 0.3) is 5.69 Å². The van der Waals surface area contributed by atoms with E-state index in [1.54, 1.807) is 28.9 Å². The molecule has 27 heavy (non-hydrogen) atoms. The summed E-state index contributed by atoms with van der Waals surface area (Å²) in [5, 5.41) is 7.87.